The van der Waals surface area contributed by atoms with E-state index in [9.17, 15) is 9.18 Å². The minimum atomic E-state index is -0.258. The van der Waals surface area contributed by atoms with Crippen LogP contribution in [0.1, 0.15) is 52.5 Å². The van der Waals surface area contributed by atoms with Crippen molar-refractivity contribution in [1.82, 2.24) is 34.7 Å². The van der Waals surface area contributed by atoms with Gasteiger partial charge < -0.3 is 4.90 Å². The standard InChI is InChI=1S/C33H26FN7O/c34-27-5-1-3-23(18-27)25-12-16-40(20-25)30(42)22-8-6-21(7-9-22)29-19-36-32-38-37-31(41(32)39-29)33(13-14-33)26-10-11-28-24(17-26)4-2-15-35-28/h1-11,15,17-19,25H,12-14,16,20H2. The number of halogens is 1. The molecule has 1 saturated heterocycles. The van der Waals surface area contributed by atoms with Crippen LogP contribution in [0.15, 0.2) is 91.3 Å². The highest BCUT2D eigenvalue weighted by atomic mass is 19.1. The molecule has 1 atom stereocenters. The predicted molar refractivity (Wildman–Crippen MR) is 155 cm³/mol. The summed E-state index contributed by atoms with van der Waals surface area (Å²) in [6.45, 7) is 1.23. The van der Waals surface area contributed by atoms with Gasteiger partial charge in [-0.1, -0.05) is 36.4 Å². The van der Waals surface area contributed by atoms with Crippen molar-refractivity contribution in [1.29, 1.82) is 0 Å². The van der Waals surface area contributed by atoms with Gasteiger partial charge in [-0.3, -0.25) is 9.78 Å². The molecule has 8 rings (SSSR count). The fourth-order valence-corrected chi connectivity index (χ4v) is 6.21. The van der Waals surface area contributed by atoms with Gasteiger partial charge in [-0.2, -0.15) is 9.61 Å². The summed E-state index contributed by atoms with van der Waals surface area (Å²) in [6.07, 6.45) is 6.23. The molecule has 0 spiro atoms. The lowest BCUT2D eigenvalue weighted by atomic mass is 9.94. The number of carbonyl (C=O) groups excluding carboxylic acids is 1. The molecule has 3 aromatic carbocycles. The smallest absolute Gasteiger partial charge is 0.271 e. The van der Waals surface area contributed by atoms with Crippen LogP contribution in [0, 0.1) is 5.82 Å². The number of carbonyl (C=O) groups is 1. The zero-order valence-corrected chi connectivity index (χ0v) is 22.7. The normalized spacial score (nSPS) is 17.6. The van der Waals surface area contributed by atoms with E-state index in [4.69, 9.17) is 5.10 Å². The monoisotopic (exact) mass is 555 g/mol. The molecule has 8 nitrogen and oxygen atoms in total. The largest absolute Gasteiger partial charge is 0.338 e. The summed E-state index contributed by atoms with van der Waals surface area (Å²) in [5.41, 5.74) is 4.95. The van der Waals surface area contributed by atoms with E-state index >= 15 is 0 Å². The van der Waals surface area contributed by atoms with Gasteiger partial charge in [0.25, 0.3) is 11.7 Å². The third kappa shape index (κ3) is 4.11. The van der Waals surface area contributed by atoms with E-state index in [0.29, 0.717) is 30.1 Å². The Morgan fingerprint density at radius 2 is 1.81 bits per heavy atom. The Morgan fingerprint density at radius 3 is 2.64 bits per heavy atom. The third-order valence-electron chi connectivity index (χ3n) is 8.69. The minimum absolute atomic E-state index is 0.0238. The Labute approximate surface area is 240 Å². The number of amides is 1. The van der Waals surface area contributed by atoms with Gasteiger partial charge >= 0.3 is 0 Å². The molecule has 1 unspecified atom stereocenters. The molecule has 42 heavy (non-hydrogen) atoms. The molecule has 6 aromatic rings. The molecule has 0 bridgehead atoms. The van der Waals surface area contributed by atoms with Gasteiger partial charge in [0.2, 0.25) is 0 Å². The molecule has 4 heterocycles. The maximum atomic E-state index is 13.7. The van der Waals surface area contributed by atoms with Crippen LogP contribution in [0.5, 0.6) is 0 Å². The van der Waals surface area contributed by atoms with Crippen molar-refractivity contribution in [2.45, 2.75) is 30.6 Å². The number of likely N-dealkylation sites (tertiary alicyclic amines) is 1. The van der Waals surface area contributed by atoms with Crippen LogP contribution in [0.2, 0.25) is 0 Å². The van der Waals surface area contributed by atoms with Crippen molar-refractivity contribution >= 4 is 22.6 Å². The summed E-state index contributed by atoms with van der Waals surface area (Å²) < 4.78 is 15.5. The van der Waals surface area contributed by atoms with Gasteiger partial charge in [0.05, 0.1) is 17.1 Å². The summed E-state index contributed by atoms with van der Waals surface area (Å²) in [5.74, 6) is 1.11. The van der Waals surface area contributed by atoms with Crippen LogP contribution >= 0.6 is 0 Å². The molecule has 206 valence electrons. The second kappa shape index (κ2) is 9.51. The number of pyridine rings is 1. The first-order chi connectivity index (χ1) is 20.6. The summed E-state index contributed by atoms with van der Waals surface area (Å²) in [5, 5.41) is 14.8. The minimum Gasteiger partial charge on any atom is -0.338 e. The molecular formula is C33H26FN7O. The average Bonchev–Trinajstić information content (AvgIpc) is 3.48. The van der Waals surface area contributed by atoms with E-state index in [-0.39, 0.29) is 23.1 Å². The van der Waals surface area contributed by atoms with E-state index < -0.39 is 0 Å². The van der Waals surface area contributed by atoms with E-state index in [2.05, 4.69) is 44.4 Å². The molecular weight excluding hydrogens is 529 g/mol. The molecule has 9 heteroatoms. The highest BCUT2D eigenvalue weighted by Crippen LogP contribution is 2.53. The van der Waals surface area contributed by atoms with E-state index in [0.717, 1.165) is 47.1 Å². The first-order valence-corrected chi connectivity index (χ1v) is 14.2. The fraction of sp³-hybridized carbons (Fsp3) is 0.212. The molecule has 1 aliphatic carbocycles. The predicted octanol–water partition coefficient (Wildman–Crippen LogP) is 5.58. The van der Waals surface area contributed by atoms with Gasteiger partial charge in [-0.25, -0.2) is 9.37 Å². The Kier molecular flexibility index (Phi) is 5.60. The fourth-order valence-electron chi connectivity index (χ4n) is 6.21. The van der Waals surface area contributed by atoms with Crippen molar-refractivity contribution in [2.75, 3.05) is 13.1 Å². The number of hydrogen-bond acceptors (Lipinski definition) is 6. The summed E-state index contributed by atoms with van der Waals surface area (Å²) in [7, 11) is 0. The molecule has 1 aliphatic heterocycles. The number of rotatable bonds is 5. The van der Waals surface area contributed by atoms with Crippen molar-refractivity contribution in [3.8, 4) is 11.3 Å². The van der Waals surface area contributed by atoms with E-state index in [1.165, 1.54) is 11.6 Å². The van der Waals surface area contributed by atoms with Gasteiger partial charge in [0, 0.05) is 41.7 Å². The number of nitrogens with zero attached hydrogens (tertiary/aromatic N) is 7. The van der Waals surface area contributed by atoms with Crippen molar-refractivity contribution < 1.29 is 9.18 Å². The quantitative estimate of drug-likeness (QED) is 0.276. The maximum absolute atomic E-state index is 13.7. The first kappa shape index (κ1) is 24.7. The lowest BCUT2D eigenvalue weighted by Crippen LogP contribution is -2.28. The van der Waals surface area contributed by atoms with Crippen LogP contribution in [0.25, 0.3) is 27.9 Å². The molecule has 2 aliphatic rings. The molecule has 3 aromatic heterocycles. The van der Waals surface area contributed by atoms with Crippen LogP contribution in [0.3, 0.4) is 0 Å². The molecule has 0 radical (unpaired) electrons. The molecule has 1 amide bonds. The summed E-state index contributed by atoms with van der Waals surface area (Å²) >= 11 is 0. The summed E-state index contributed by atoms with van der Waals surface area (Å²) in [4.78, 5) is 24.1. The van der Waals surface area contributed by atoms with Gasteiger partial charge in [-0.15, -0.1) is 10.2 Å². The van der Waals surface area contributed by atoms with Gasteiger partial charge in [0.15, 0.2) is 5.82 Å². The van der Waals surface area contributed by atoms with Gasteiger partial charge in [0.1, 0.15) is 11.5 Å². The Bertz CT molecular complexity index is 1980. The number of benzene rings is 3. The van der Waals surface area contributed by atoms with Crippen molar-refractivity contribution in [3.63, 3.8) is 0 Å². The van der Waals surface area contributed by atoms with E-state index in [1.807, 2.05) is 41.3 Å². The molecule has 1 saturated carbocycles. The Hall–Kier alpha value is -5.05. The van der Waals surface area contributed by atoms with Crippen LogP contribution in [-0.4, -0.2) is 53.7 Å². The van der Waals surface area contributed by atoms with Crippen molar-refractivity contribution in [2.24, 2.45) is 0 Å². The Morgan fingerprint density at radius 1 is 0.929 bits per heavy atom. The number of aromatic nitrogens is 6. The van der Waals surface area contributed by atoms with Crippen molar-refractivity contribution in [3.05, 3.63) is 120 Å². The highest BCUT2D eigenvalue weighted by molar-refractivity contribution is 5.95. The zero-order valence-electron chi connectivity index (χ0n) is 22.7. The van der Waals surface area contributed by atoms with Crippen LogP contribution in [0.4, 0.5) is 4.39 Å². The number of hydrogen-bond donors (Lipinski definition) is 0. The zero-order chi connectivity index (χ0) is 28.3. The van der Waals surface area contributed by atoms with Crippen LogP contribution < -0.4 is 0 Å². The van der Waals surface area contributed by atoms with Gasteiger partial charge in [-0.05, 0) is 72.9 Å². The average molecular weight is 556 g/mol. The second-order valence-electron chi connectivity index (χ2n) is 11.2. The first-order valence-electron chi connectivity index (χ1n) is 14.2. The molecule has 2 fully saturated rings. The maximum Gasteiger partial charge on any atom is 0.271 e. The lowest BCUT2D eigenvalue weighted by Gasteiger charge is -2.17. The SMILES string of the molecule is O=C(c1ccc(-c2cnc3nnc(C4(c5ccc6ncccc6c5)CC4)n3n2)cc1)N1CCC(c2cccc(F)c2)C1. The second-order valence-corrected chi connectivity index (χ2v) is 11.2. The van der Waals surface area contributed by atoms with E-state index in [1.54, 1.807) is 29.0 Å². The number of fused-ring (bicyclic) bond motifs is 2. The topological polar surface area (TPSA) is 89.2 Å². The lowest BCUT2D eigenvalue weighted by molar-refractivity contribution is 0.0791. The highest BCUT2D eigenvalue weighted by Gasteiger charge is 2.50. The van der Waals surface area contributed by atoms with Crippen LogP contribution in [-0.2, 0) is 5.41 Å². The third-order valence-corrected chi connectivity index (χ3v) is 8.69. The summed E-state index contributed by atoms with van der Waals surface area (Å²) in [6, 6.07) is 24.5. The molecule has 0 N–H and O–H groups in total. The Balaban J connectivity index is 1.05.